The van der Waals surface area contributed by atoms with Crippen LogP contribution >= 0.6 is 0 Å². The minimum absolute atomic E-state index is 0.155. The summed E-state index contributed by atoms with van der Waals surface area (Å²) < 4.78 is 37.0. The van der Waals surface area contributed by atoms with E-state index in [1.54, 1.807) is 4.40 Å². The fraction of sp³-hybridized carbons (Fsp3) is 0.300. The quantitative estimate of drug-likeness (QED) is 0.720. The number of imidazole rings is 1. The summed E-state index contributed by atoms with van der Waals surface area (Å²) in [7, 11) is 0. The van der Waals surface area contributed by atoms with Gasteiger partial charge in [-0.05, 0) is 36.8 Å². The SMILES string of the molecule is Cc1ccn2c(C[C@H]3CNCCO3)c(-c3c(F)cc(C(=O)O)cc3F)nc2c1. The second kappa shape index (κ2) is 7.29. The largest absolute Gasteiger partial charge is 0.478 e. The van der Waals surface area contributed by atoms with Gasteiger partial charge in [0.15, 0.2) is 0 Å². The number of benzene rings is 1. The first-order valence-electron chi connectivity index (χ1n) is 8.96. The number of hydrogen-bond donors (Lipinski definition) is 2. The molecule has 0 spiro atoms. The summed E-state index contributed by atoms with van der Waals surface area (Å²) in [6.07, 6.45) is 2.07. The van der Waals surface area contributed by atoms with Gasteiger partial charge in [0.05, 0.1) is 35.2 Å². The van der Waals surface area contributed by atoms with Gasteiger partial charge in [-0.1, -0.05) is 0 Å². The van der Waals surface area contributed by atoms with Gasteiger partial charge >= 0.3 is 5.97 Å². The number of pyridine rings is 1. The standard InChI is InChI=1S/C20H19F2N3O3/c1-11-2-4-25-16(9-13-10-23-3-5-28-13)19(24-17(25)6-11)18-14(21)7-12(20(26)27)8-15(18)22/h2,4,6-8,13,23H,3,5,9-10H2,1H3,(H,26,27)/t13-/m0/s1. The Bertz CT molecular complexity index is 1040. The molecule has 0 unspecified atom stereocenters. The number of aromatic nitrogens is 2. The smallest absolute Gasteiger partial charge is 0.335 e. The van der Waals surface area contributed by atoms with Crippen molar-refractivity contribution in [1.29, 1.82) is 0 Å². The van der Waals surface area contributed by atoms with Gasteiger partial charge in [0.1, 0.15) is 17.3 Å². The van der Waals surface area contributed by atoms with Crippen molar-refractivity contribution in [3.63, 3.8) is 0 Å². The van der Waals surface area contributed by atoms with E-state index in [-0.39, 0.29) is 17.4 Å². The number of aromatic carboxylic acids is 1. The molecule has 1 fully saturated rings. The molecule has 28 heavy (non-hydrogen) atoms. The minimum atomic E-state index is -1.39. The normalized spacial score (nSPS) is 17.2. The van der Waals surface area contributed by atoms with E-state index in [1.807, 2.05) is 25.3 Å². The van der Waals surface area contributed by atoms with E-state index in [0.29, 0.717) is 30.9 Å². The number of fused-ring (bicyclic) bond motifs is 1. The van der Waals surface area contributed by atoms with Gasteiger partial charge < -0.3 is 19.6 Å². The Kier molecular flexibility index (Phi) is 4.82. The Labute approximate surface area is 159 Å². The Morgan fingerprint density at radius 1 is 1.36 bits per heavy atom. The molecule has 0 aliphatic carbocycles. The number of aryl methyl sites for hydroxylation is 1. The number of halogens is 2. The lowest BCUT2D eigenvalue weighted by Gasteiger charge is -2.24. The molecule has 0 amide bonds. The third kappa shape index (κ3) is 3.36. The average Bonchev–Trinajstić information content (AvgIpc) is 2.99. The summed E-state index contributed by atoms with van der Waals surface area (Å²) in [5, 5.41) is 12.3. The molecule has 6 nitrogen and oxygen atoms in total. The van der Waals surface area contributed by atoms with Crippen LogP contribution in [0.2, 0.25) is 0 Å². The molecule has 1 aliphatic rings. The predicted molar refractivity (Wildman–Crippen MR) is 98.6 cm³/mol. The Balaban J connectivity index is 1.88. The van der Waals surface area contributed by atoms with Crippen LogP contribution in [0.25, 0.3) is 16.9 Å². The Hall–Kier alpha value is -2.84. The van der Waals surface area contributed by atoms with Crippen LogP contribution in [-0.2, 0) is 11.2 Å². The second-order valence-corrected chi connectivity index (χ2v) is 6.86. The van der Waals surface area contributed by atoms with Gasteiger partial charge in [-0.15, -0.1) is 0 Å². The molecule has 1 aliphatic heterocycles. The van der Waals surface area contributed by atoms with Crippen LogP contribution in [0.5, 0.6) is 0 Å². The molecule has 2 N–H and O–H groups in total. The molecule has 3 aromatic rings. The van der Waals surface area contributed by atoms with Gasteiger partial charge in [-0.3, -0.25) is 0 Å². The Morgan fingerprint density at radius 2 is 2.11 bits per heavy atom. The molecule has 0 bridgehead atoms. The van der Waals surface area contributed by atoms with Crippen LogP contribution in [0.1, 0.15) is 21.6 Å². The first-order chi connectivity index (χ1) is 13.4. The summed E-state index contributed by atoms with van der Waals surface area (Å²) in [6.45, 7) is 3.86. The molecule has 4 rings (SSSR count). The van der Waals surface area contributed by atoms with Crippen LogP contribution in [0.3, 0.4) is 0 Å². The van der Waals surface area contributed by atoms with Gasteiger partial charge in [-0.2, -0.15) is 0 Å². The molecule has 1 saturated heterocycles. The number of carboxylic acid groups (broad SMARTS) is 1. The number of hydrogen-bond acceptors (Lipinski definition) is 4. The fourth-order valence-corrected chi connectivity index (χ4v) is 3.48. The van der Waals surface area contributed by atoms with Crippen molar-refractivity contribution >= 4 is 11.6 Å². The number of nitrogens with one attached hydrogen (secondary N) is 1. The van der Waals surface area contributed by atoms with E-state index in [2.05, 4.69) is 10.3 Å². The maximum atomic E-state index is 14.7. The first-order valence-corrected chi connectivity index (χ1v) is 8.96. The molecule has 8 heteroatoms. The molecule has 146 valence electrons. The van der Waals surface area contributed by atoms with Crippen molar-refractivity contribution in [3.05, 3.63) is 58.9 Å². The Morgan fingerprint density at radius 3 is 2.75 bits per heavy atom. The topological polar surface area (TPSA) is 75.9 Å². The minimum Gasteiger partial charge on any atom is -0.478 e. The maximum Gasteiger partial charge on any atom is 0.335 e. The van der Waals surface area contributed by atoms with E-state index in [4.69, 9.17) is 9.84 Å². The number of ether oxygens (including phenoxy) is 1. The van der Waals surface area contributed by atoms with Gasteiger partial charge in [0, 0.05) is 25.7 Å². The fourth-order valence-electron chi connectivity index (χ4n) is 3.48. The molecule has 1 atom stereocenters. The summed E-state index contributed by atoms with van der Waals surface area (Å²) in [4.78, 5) is 15.5. The van der Waals surface area contributed by atoms with Crippen LogP contribution in [0.4, 0.5) is 8.78 Å². The lowest BCUT2D eigenvalue weighted by molar-refractivity contribution is 0.0286. The van der Waals surface area contributed by atoms with Crippen LogP contribution in [0.15, 0.2) is 30.5 Å². The molecular formula is C20H19F2N3O3. The zero-order valence-corrected chi connectivity index (χ0v) is 15.2. The predicted octanol–water partition coefficient (Wildman–Crippen LogP) is 2.82. The molecule has 2 aromatic heterocycles. The lowest BCUT2D eigenvalue weighted by atomic mass is 10.0. The zero-order valence-electron chi connectivity index (χ0n) is 15.2. The van der Waals surface area contributed by atoms with Crippen molar-refractivity contribution in [3.8, 4) is 11.3 Å². The average molecular weight is 387 g/mol. The zero-order chi connectivity index (χ0) is 19.8. The van der Waals surface area contributed by atoms with Crippen LogP contribution in [-0.4, -0.2) is 46.3 Å². The van der Waals surface area contributed by atoms with Crippen molar-refractivity contribution in [1.82, 2.24) is 14.7 Å². The summed E-state index contributed by atoms with van der Waals surface area (Å²) in [5.41, 5.74) is 1.53. The van der Waals surface area contributed by atoms with Crippen molar-refractivity contribution in [2.45, 2.75) is 19.4 Å². The van der Waals surface area contributed by atoms with E-state index in [9.17, 15) is 13.6 Å². The number of carboxylic acids is 1. The first kappa shape index (κ1) is 18.5. The van der Waals surface area contributed by atoms with Crippen molar-refractivity contribution in [2.24, 2.45) is 0 Å². The van der Waals surface area contributed by atoms with E-state index < -0.39 is 23.2 Å². The molecular weight excluding hydrogens is 368 g/mol. The third-order valence-corrected chi connectivity index (χ3v) is 4.83. The van der Waals surface area contributed by atoms with Crippen LogP contribution in [0, 0.1) is 18.6 Å². The highest BCUT2D eigenvalue weighted by atomic mass is 19.1. The molecule has 3 heterocycles. The van der Waals surface area contributed by atoms with E-state index >= 15 is 0 Å². The highest BCUT2D eigenvalue weighted by molar-refractivity contribution is 5.88. The monoisotopic (exact) mass is 387 g/mol. The molecule has 1 aromatic carbocycles. The second-order valence-electron chi connectivity index (χ2n) is 6.86. The molecule has 0 saturated carbocycles. The highest BCUT2D eigenvalue weighted by Gasteiger charge is 2.25. The van der Waals surface area contributed by atoms with Crippen molar-refractivity contribution in [2.75, 3.05) is 19.7 Å². The van der Waals surface area contributed by atoms with Crippen LogP contribution < -0.4 is 5.32 Å². The van der Waals surface area contributed by atoms with E-state index in [1.165, 1.54) is 0 Å². The van der Waals surface area contributed by atoms with E-state index in [0.717, 1.165) is 24.2 Å². The highest BCUT2D eigenvalue weighted by Crippen LogP contribution is 2.31. The van der Waals surface area contributed by atoms with Gasteiger partial charge in [0.25, 0.3) is 0 Å². The summed E-state index contributed by atoms with van der Waals surface area (Å²) in [6, 6.07) is 5.35. The van der Waals surface area contributed by atoms with Gasteiger partial charge in [-0.25, -0.2) is 18.6 Å². The lowest BCUT2D eigenvalue weighted by Crippen LogP contribution is -2.39. The maximum absolute atomic E-state index is 14.7. The van der Waals surface area contributed by atoms with Crippen molar-refractivity contribution < 1.29 is 23.4 Å². The molecule has 0 radical (unpaired) electrons. The van der Waals surface area contributed by atoms with Gasteiger partial charge in [0.2, 0.25) is 0 Å². The third-order valence-electron chi connectivity index (χ3n) is 4.83. The number of carbonyl (C=O) groups is 1. The number of nitrogens with zero attached hydrogens (tertiary/aromatic N) is 2. The summed E-state index contributed by atoms with van der Waals surface area (Å²) in [5.74, 6) is -3.31. The number of rotatable bonds is 4. The summed E-state index contributed by atoms with van der Waals surface area (Å²) >= 11 is 0. The number of morpholine rings is 1.